The molecule has 0 atom stereocenters. The number of benzene rings is 2. The molecule has 0 saturated carbocycles. The van der Waals surface area contributed by atoms with Gasteiger partial charge in [-0.15, -0.1) is 6.58 Å². The Balaban J connectivity index is 1.90. The molecule has 4 aromatic rings. The van der Waals surface area contributed by atoms with Crippen LogP contribution in [0.25, 0.3) is 21.7 Å². The summed E-state index contributed by atoms with van der Waals surface area (Å²) in [4.78, 5) is 12.0. The lowest BCUT2D eigenvalue weighted by Crippen LogP contribution is -2.07. The molecular formula is C22H22N4O4S. The average Bonchev–Trinajstić information content (AvgIpc) is 3.24. The molecule has 0 fully saturated rings. The monoisotopic (exact) mass is 438 g/mol. The van der Waals surface area contributed by atoms with Crippen LogP contribution >= 0.6 is 12.2 Å². The molecule has 0 aliphatic heterocycles. The minimum absolute atomic E-state index is 0.0951. The van der Waals surface area contributed by atoms with Gasteiger partial charge in [-0.3, -0.25) is 9.67 Å². The summed E-state index contributed by atoms with van der Waals surface area (Å²) >= 11 is 5.25. The molecule has 0 bridgehead atoms. The molecule has 0 radical (unpaired) electrons. The van der Waals surface area contributed by atoms with Crippen LogP contribution in [0.1, 0.15) is 21.9 Å². The van der Waals surface area contributed by atoms with Crippen LogP contribution in [-0.4, -0.2) is 42.1 Å². The number of aromatic amines is 1. The number of H-pyrrole nitrogens is 1. The van der Waals surface area contributed by atoms with Gasteiger partial charge in [0.25, 0.3) is 0 Å². The van der Waals surface area contributed by atoms with Crippen molar-refractivity contribution >= 4 is 39.9 Å². The first-order chi connectivity index (χ1) is 15.0. The lowest BCUT2D eigenvalue weighted by atomic mass is 10.0. The third-order valence-corrected chi connectivity index (χ3v) is 5.64. The Hall–Kier alpha value is -3.43. The molecule has 0 saturated heterocycles. The van der Waals surface area contributed by atoms with Crippen LogP contribution in [0.5, 0.6) is 5.75 Å². The standard InChI is InChI=1S/C22H22N4O4S/c1-3-8-26-18(23-24-22(26)31)12-30-17-11-16-19(21(28)29)13(2)25(9-10-27)20(16)15-7-5-4-6-14(15)17/h3-7,11,27H,1,8-10,12H2,2H3,(H,24,31)(H,28,29). The zero-order chi connectivity index (χ0) is 22.1. The van der Waals surface area contributed by atoms with Gasteiger partial charge in [0.05, 0.1) is 17.7 Å². The van der Waals surface area contributed by atoms with E-state index < -0.39 is 5.97 Å². The first kappa shape index (κ1) is 20.8. The van der Waals surface area contributed by atoms with E-state index in [1.807, 2.05) is 28.8 Å². The lowest BCUT2D eigenvalue weighted by molar-refractivity contribution is 0.0697. The highest BCUT2D eigenvalue weighted by Gasteiger charge is 2.23. The molecule has 8 nitrogen and oxygen atoms in total. The minimum atomic E-state index is -1.02. The Morgan fingerprint density at radius 1 is 1.29 bits per heavy atom. The van der Waals surface area contributed by atoms with Gasteiger partial charge in [-0.25, -0.2) is 4.79 Å². The van der Waals surface area contributed by atoms with Crippen molar-refractivity contribution in [3.8, 4) is 5.75 Å². The number of aromatic carboxylic acids is 1. The number of rotatable bonds is 8. The highest BCUT2D eigenvalue weighted by molar-refractivity contribution is 7.71. The van der Waals surface area contributed by atoms with Crippen molar-refractivity contribution in [2.75, 3.05) is 6.61 Å². The number of aliphatic hydroxyl groups excluding tert-OH is 1. The highest BCUT2D eigenvalue weighted by Crippen LogP contribution is 2.38. The molecule has 0 aliphatic rings. The van der Waals surface area contributed by atoms with Gasteiger partial charge in [0.2, 0.25) is 0 Å². The summed E-state index contributed by atoms with van der Waals surface area (Å²) in [6, 6.07) is 9.40. The van der Waals surface area contributed by atoms with Crippen LogP contribution in [0.15, 0.2) is 43.0 Å². The number of aromatic nitrogens is 4. The molecule has 9 heteroatoms. The van der Waals surface area contributed by atoms with E-state index in [2.05, 4.69) is 16.8 Å². The maximum atomic E-state index is 12.0. The molecule has 2 aromatic heterocycles. The predicted octanol–water partition coefficient (Wildman–Crippen LogP) is 3.81. The van der Waals surface area contributed by atoms with Gasteiger partial charge in [0, 0.05) is 34.9 Å². The van der Waals surface area contributed by atoms with Crippen LogP contribution in [0.2, 0.25) is 0 Å². The maximum absolute atomic E-state index is 12.0. The van der Waals surface area contributed by atoms with Crippen molar-refractivity contribution in [3.05, 3.63) is 64.8 Å². The second-order valence-electron chi connectivity index (χ2n) is 7.09. The molecular weight excluding hydrogens is 416 g/mol. The number of aliphatic hydroxyl groups is 1. The second kappa shape index (κ2) is 8.37. The van der Waals surface area contributed by atoms with Crippen molar-refractivity contribution in [2.24, 2.45) is 0 Å². The number of nitrogens with one attached hydrogen (secondary N) is 1. The largest absolute Gasteiger partial charge is 0.485 e. The first-order valence-electron chi connectivity index (χ1n) is 9.74. The number of carboxylic acids is 1. The van der Waals surface area contributed by atoms with Crippen LogP contribution < -0.4 is 4.74 Å². The Kier molecular flexibility index (Phi) is 5.62. The van der Waals surface area contributed by atoms with Gasteiger partial charge >= 0.3 is 5.97 Å². The number of carboxylic acid groups (broad SMARTS) is 1. The minimum Gasteiger partial charge on any atom is -0.485 e. The van der Waals surface area contributed by atoms with Gasteiger partial charge in [-0.2, -0.15) is 5.10 Å². The fourth-order valence-electron chi connectivity index (χ4n) is 3.99. The van der Waals surface area contributed by atoms with Crippen molar-refractivity contribution in [2.45, 2.75) is 26.6 Å². The Bertz CT molecular complexity index is 1370. The van der Waals surface area contributed by atoms with Gasteiger partial charge in [-0.1, -0.05) is 30.3 Å². The van der Waals surface area contributed by atoms with E-state index in [-0.39, 0.29) is 18.8 Å². The summed E-state index contributed by atoms with van der Waals surface area (Å²) in [5.74, 6) is 0.139. The number of carbonyl (C=O) groups is 1. The van der Waals surface area contributed by atoms with Gasteiger partial charge < -0.3 is 19.5 Å². The van der Waals surface area contributed by atoms with E-state index in [0.29, 0.717) is 40.5 Å². The van der Waals surface area contributed by atoms with Gasteiger partial charge in [-0.05, 0) is 25.2 Å². The van der Waals surface area contributed by atoms with Crippen molar-refractivity contribution in [3.63, 3.8) is 0 Å². The summed E-state index contributed by atoms with van der Waals surface area (Å²) in [6.45, 7) is 6.34. The Morgan fingerprint density at radius 3 is 2.71 bits per heavy atom. The summed E-state index contributed by atoms with van der Waals surface area (Å²) in [5.41, 5.74) is 1.56. The number of nitrogens with zero attached hydrogens (tertiary/aromatic N) is 3. The summed E-state index contributed by atoms with van der Waals surface area (Å²) in [7, 11) is 0. The van der Waals surface area contributed by atoms with E-state index >= 15 is 0 Å². The van der Waals surface area contributed by atoms with Crippen molar-refractivity contribution in [1.29, 1.82) is 0 Å². The molecule has 0 aliphatic carbocycles. The molecule has 3 N–H and O–H groups in total. The fourth-order valence-corrected chi connectivity index (χ4v) is 4.22. The van der Waals surface area contributed by atoms with Gasteiger partial charge in [0.1, 0.15) is 12.4 Å². The lowest BCUT2D eigenvalue weighted by Gasteiger charge is -2.13. The molecule has 4 rings (SSSR count). The van der Waals surface area contributed by atoms with Gasteiger partial charge in [0.15, 0.2) is 10.6 Å². The summed E-state index contributed by atoms with van der Waals surface area (Å²) in [6.07, 6.45) is 1.72. The number of hydrogen-bond donors (Lipinski definition) is 3. The zero-order valence-corrected chi connectivity index (χ0v) is 17.8. The second-order valence-corrected chi connectivity index (χ2v) is 7.48. The quantitative estimate of drug-likeness (QED) is 0.285. The topological polar surface area (TPSA) is 105 Å². The van der Waals surface area contributed by atoms with E-state index in [1.54, 1.807) is 23.6 Å². The first-order valence-corrected chi connectivity index (χ1v) is 10.1. The molecule has 2 aromatic carbocycles. The van der Waals surface area contributed by atoms with Crippen LogP contribution in [0.3, 0.4) is 0 Å². The molecule has 0 unspecified atom stereocenters. The Labute approximate surface area is 183 Å². The molecule has 160 valence electrons. The van der Waals surface area contributed by atoms with Crippen LogP contribution in [0, 0.1) is 11.7 Å². The zero-order valence-electron chi connectivity index (χ0n) is 17.0. The number of allylic oxidation sites excluding steroid dienone is 1. The maximum Gasteiger partial charge on any atom is 0.338 e. The third-order valence-electron chi connectivity index (χ3n) is 5.33. The number of hydrogen-bond acceptors (Lipinski definition) is 5. The molecule has 2 heterocycles. The van der Waals surface area contributed by atoms with Crippen LogP contribution in [0.4, 0.5) is 0 Å². The fraction of sp³-hybridized carbons (Fsp3) is 0.227. The van der Waals surface area contributed by atoms with E-state index in [4.69, 9.17) is 17.0 Å². The average molecular weight is 439 g/mol. The van der Waals surface area contributed by atoms with E-state index in [9.17, 15) is 15.0 Å². The molecule has 31 heavy (non-hydrogen) atoms. The number of fused-ring (bicyclic) bond motifs is 3. The third kappa shape index (κ3) is 3.51. The van der Waals surface area contributed by atoms with Crippen LogP contribution in [-0.2, 0) is 19.7 Å². The highest BCUT2D eigenvalue weighted by atomic mass is 32.1. The summed E-state index contributed by atoms with van der Waals surface area (Å²) < 4.78 is 10.2. The van der Waals surface area contributed by atoms with E-state index in [0.717, 1.165) is 16.3 Å². The summed E-state index contributed by atoms with van der Waals surface area (Å²) in [5, 5.41) is 28.6. The van der Waals surface area contributed by atoms with E-state index in [1.165, 1.54) is 0 Å². The number of ether oxygens (including phenoxy) is 1. The normalized spacial score (nSPS) is 11.3. The van der Waals surface area contributed by atoms with Crippen molar-refractivity contribution < 1.29 is 19.7 Å². The molecule has 0 amide bonds. The van der Waals surface area contributed by atoms with Crippen molar-refractivity contribution in [1.82, 2.24) is 19.3 Å². The molecule has 0 spiro atoms. The SMILES string of the molecule is C=CCn1c(COc2cc3c(C(=O)O)c(C)n(CCO)c3c3ccccc23)n[nH]c1=S. The Morgan fingerprint density at radius 2 is 2.03 bits per heavy atom. The predicted molar refractivity (Wildman–Crippen MR) is 120 cm³/mol. The smallest absolute Gasteiger partial charge is 0.338 e.